The van der Waals surface area contributed by atoms with Crippen molar-refractivity contribution < 1.29 is 24.9 Å². The van der Waals surface area contributed by atoms with Crippen LogP contribution in [0, 0.1) is 23.7 Å². The Bertz CT molecular complexity index is 1300. The number of hydrogen-bond acceptors (Lipinski definition) is 4. The van der Waals surface area contributed by atoms with E-state index in [4.69, 9.17) is 0 Å². The maximum atomic E-state index is 12.8. The quantitative estimate of drug-likeness (QED) is 0.145. The summed E-state index contributed by atoms with van der Waals surface area (Å²) in [4.78, 5) is 24.5. The minimum absolute atomic E-state index is 0.130. The molecule has 2 aromatic carbocycles. The monoisotopic (exact) mass is 598 g/mol. The van der Waals surface area contributed by atoms with Crippen molar-refractivity contribution in [2.75, 3.05) is 0 Å². The number of carbonyl (C=O) groups is 2. The number of unbranched alkanes of at least 4 members (excludes halogenated alkanes) is 2. The Morgan fingerprint density at radius 1 is 1.00 bits per heavy atom. The van der Waals surface area contributed by atoms with E-state index in [-0.39, 0.29) is 17.6 Å². The number of carboxylic acid groups (broad SMARTS) is 1. The molecule has 5 rings (SSSR count). The van der Waals surface area contributed by atoms with Crippen LogP contribution in [0.25, 0.3) is 0 Å². The number of phenolic OH excluding ortho intramolecular Hbond substituents is 1. The van der Waals surface area contributed by atoms with Gasteiger partial charge in [-0.1, -0.05) is 80.0 Å². The number of aliphatic hydroxyl groups is 1. The fourth-order valence-corrected chi connectivity index (χ4v) is 8.51. The van der Waals surface area contributed by atoms with Crippen molar-refractivity contribution in [1.82, 2.24) is 0 Å². The number of aromatic hydroxyl groups is 1. The van der Waals surface area contributed by atoms with Gasteiger partial charge in [0.2, 0.25) is 0 Å². The number of carboxylic acids is 1. The van der Waals surface area contributed by atoms with Crippen LogP contribution in [0.4, 0.5) is 0 Å². The van der Waals surface area contributed by atoms with E-state index in [0.717, 1.165) is 88.9 Å². The normalized spacial score (nSPS) is 30.2. The van der Waals surface area contributed by atoms with E-state index >= 15 is 0 Å². The fraction of sp³-hybridized carbons (Fsp3) is 0.538. The van der Waals surface area contributed by atoms with Gasteiger partial charge in [0.15, 0.2) is 0 Å². The van der Waals surface area contributed by atoms with Crippen LogP contribution in [0.3, 0.4) is 0 Å². The molecule has 236 valence electrons. The van der Waals surface area contributed by atoms with Gasteiger partial charge in [-0.2, -0.15) is 0 Å². The number of allylic oxidation sites excluding steroid dienone is 4. The molecule has 0 radical (unpaired) electrons. The predicted molar refractivity (Wildman–Crippen MR) is 175 cm³/mol. The lowest BCUT2D eigenvalue weighted by Crippen LogP contribution is -2.45. The third-order valence-electron chi connectivity index (χ3n) is 10.9. The summed E-state index contributed by atoms with van der Waals surface area (Å²) in [6.07, 6.45) is 21.7. The van der Waals surface area contributed by atoms with Crippen LogP contribution in [0.2, 0.25) is 0 Å². The molecule has 1 spiro atoms. The molecule has 3 aliphatic rings. The molecular formula is C39H50O5. The molecule has 5 heteroatoms. The van der Waals surface area contributed by atoms with Crippen molar-refractivity contribution in [3.05, 3.63) is 89.5 Å². The highest BCUT2D eigenvalue weighted by molar-refractivity contribution is 5.73. The Kier molecular flexibility index (Phi) is 11.1. The minimum Gasteiger partial charge on any atom is -0.508 e. The van der Waals surface area contributed by atoms with Crippen molar-refractivity contribution >= 4 is 12.3 Å². The van der Waals surface area contributed by atoms with Crippen molar-refractivity contribution in [2.45, 2.75) is 107 Å². The van der Waals surface area contributed by atoms with E-state index in [0.29, 0.717) is 24.7 Å². The van der Waals surface area contributed by atoms with Gasteiger partial charge in [0.25, 0.3) is 0 Å². The highest BCUT2D eigenvalue weighted by Crippen LogP contribution is 2.48. The van der Waals surface area contributed by atoms with Gasteiger partial charge in [0.1, 0.15) is 12.0 Å². The van der Waals surface area contributed by atoms with E-state index in [1.807, 2.05) is 0 Å². The molecule has 3 N–H and O–H groups in total. The van der Waals surface area contributed by atoms with Crippen LogP contribution in [-0.4, -0.2) is 33.7 Å². The molecule has 5 nitrogen and oxygen atoms in total. The lowest BCUT2D eigenvalue weighted by molar-refractivity contribution is -0.145. The largest absolute Gasteiger partial charge is 0.508 e. The average Bonchev–Trinajstić information content (AvgIpc) is 3.55. The van der Waals surface area contributed by atoms with E-state index in [1.54, 1.807) is 12.1 Å². The molecule has 2 bridgehead atoms. The molecule has 44 heavy (non-hydrogen) atoms. The maximum absolute atomic E-state index is 12.8. The van der Waals surface area contributed by atoms with Crippen molar-refractivity contribution in [2.24, 2.45) is 23.7 Å². The molecular weight excluding hydrogens is 548 g/mol. The van der Waals surface area contributed by atoms with Gasteiger partial charge < -0.3 is 20.1 Å². The van der Waals surface area contributed by atoms with E-state index in [1.165, 1.54) is 11.1 Å². The summed E-state index contributed by atoms with van der Waals surface area (Å²) in [7, 11) is 0. The van der Waals surface area contributed by atoms with E-state index < -0.39 is 23.4 Å². The second kappa shape index (κ2) is 15.2. The molecule has 0 aromatic heterocycles. The van der Waals surface area contributed by atoms with Gasteiger partial charge in [0.05, 0.1) is 12.0 Å². The van der Waals surface area contributed by atoms with Gasteiger partial charge in [-0.25, -0.2) is 0 Å². The summed E-state index contributed by atoms with van der Waals surface area (Å²) in [6.45, 7) is 0. The lowest BCUT2D eigenvalue weighted by Gasteiger charge is -2.44. The molecule has 0 saturated heterocycles. The topological polar surface area (TPSA) is 94.8 Å². The molecule has 0 aliphatic heterocycles. The van der Waals surface area contributed by atoms with Crippen molar-refractivity contribution in [3.8, 4) is 5.75 Å². The first kappa shape index (κ1) is 32.2. The number of rotatable bonds is 10. The number of aldehydes is 1. The third kappa shape index (κ3) is 7.72. The number of benzene rings is 2. The van der Waals surface area contributed by atoms with Gasteiger partial charge in [-0.3, -0.25) is 4.79 Å². The van der Waals surface area contributed by atoms with E-state index in [2.05, 4.69) is 60.7 Å². The highest BCUT2D eigenvalue weighted by atomic mass is 16.4. The minimum atomic E-state index is -0.786. The molecule has 0 amide bonds. The first-order valence-electron chi connectivity index (χ1n) is 17.0. The fourth-order valence-electron chi connectivity index (χ4n) is 8.51. The molecule has 3 aliphatic carbocycles. The number of aliphatic carboxylic acids is 1. The molecule has 7 atom stereocenters. The first-order chi connectivity index (χ1) is 21.4. The van der Waals surface area contributed by atoms with Crippen molar-refractivity contribution in [3.63, 3.8) is 0 Å². The third-order valence-corrected chi connectivity index (χ3v) is 10.9. The number of phenols is 1. The maximum Gasteiger partial charge on any atom is 0.307 e. The van der Waals surface area contributed by atoms with Crippen LogP contribution in [0.5, 0.6) is 5.75 Å². The smallest absolute Gasteiger partial charge is 0.307 e. The Labute approximate surface area is 263 Å². The van der Waals surface area contributed by atoms with Gasteiger partial charge in [0, 0.05) is 11.3 Å². The van der Waals surface area contributed by atoms with E-state index in [9.17, 15) is 24.9 Å². The standard InChI is InChI=1S/C39H50O5/c40-27-32(29-11-4-5-12-29)15-3-1-2-13-30-14-6-7-18-37(38(43)44)39(23-9-17-35(42)26-39)33-16-8-10-28(24-33)25-36(30)31-19-21-34(41)22-20-31/h4,6-8,10-11,16,19-22,24,27,29-30,32,35-37,41-42H,1-3,5,9,12-15,17-18,23,25-26H2,(H,43,44)/b7-6-/t29-,30-,32-,35-,36-,37+,39-/m1/s1. The Balaban J connectivity index is 1.39. The molecule has 1 saturated carbocycles. The molecule has 0 unspecified atom stereocenters. The number of hydrogen-bond donors (Lipinski definition) is 3. The molecule has 1 fully saturated rings. The lowest BCUT2D eigenvalue weighted by atomic mass is 9.60. The van der Waals surface area contributed by atoms with Crippen molar-refractivity contribution in [1.29, 1.82) is 0 Å². The van der Waals surface area contributed by atoms with Crippen LogP contribution in [-0.2, 0) is 21.4 Å². The zero-order chi connectivity index (χ0) is 30.9. The first-order valence-corrected chi connectivity index (χ1v) is 17.0. The Morgan fingerprint density at radius 3 is 2.55 bits per heavy atom. The summed E-state index contributed by atoms with van der Waals surface area (Å²) in [5, 5.41) is 31.3. The van der Waals surface area contributed by atoms with Gasteiger partial charge in [-0.15, -0.1) is 0 Å². The molecule has 0 heterocycles. The summed E-state index contributed by atoms with van der Waals surface area (Å²) in [6, 6.07) is 16.2. The van der Waals surface area contributed by atoms with Gasteiger partial charge >= 0.3 is 5.97 Å². The Hall–Kier alpha value is -3.18. The van der Waals surface area contributed by atoms with Crippen LogP contribution in [0.15, 0.2) is 72.8 Å². The predicted octanol–water partition coefficient (Wildman–Crippen LogP) is 8.29. The number of aliphatic hydroxyl groups excluding tert-OH is 1. The number of fused-ring (bicyclic) bond motifs is 3. The Morgan fingerprint density at radius 2 is 1.82 bits per heavy atom. The number of carbonyl (C=O) groups excluding carboxylic acids is 1. The van der Waals surface area contributed by atoms with Crippen LogP contribution >= 0.6 is 0 Å². The zero-order valence-corrected chi connectivity index (χ0v) is 26.0. The summed E-state index contributed by atoms with van der Waals surface area (Å²) >= 11 is 0. The SMILES string of the molecule is O=C[C@@H](CCCCC[C@@H]1C/C=C\C[C@@H](C(=O)O)[C@@]2(CCC[C@@H](O)C2)c2cccc(c2)C[C@H]1c1ccc(O)cc1)[C@@H]1C=CCC1. The highest BCUT2D eigenvalue weighted by Gasteiger charge is 2.47. The summed E-state index contributed by atoms with van der Waals surface area (Å²) in [5.41, 5.74) is 2.85. The second-order valence-corrected chi connectivity index (χ2v) is 13.7. The average molecular weight is 599 g/mol. The zero-order valence-electron chi connectivity index (χ0n) is 26.0. The van der Waals surface area contributed by atoms with Gasteiger partial charge in [-0.05, 0) is 117 Å². The van der Waals surface area contributed by atoms with Crippen LogP contribution in [0.1, 0.15) is 106 Å². The molecule has 2 aromatic rings. The van der Waals surface area contributed by atoms with Crippen LogP contribution < -0.4 is 0 Å². The second-order valence-electron chi connectivity index (χ2n) is 13.7. The summed E-state index contributed by atoms with van der Waals surface area (Å²) < 4.78 is 0. The summed E-state index contributed by atoms with van der Waals surface area (Å²) in [5.74, 6) is 0.0214.